The SMILES string of the molecule is O=C(CSc1nnc(-c2ccccc2)n1-c1ccc(F)cc1F)NNC(=O)c1cccs1. The zero-order chi connectivity index (χ0) is 22.5. The van der Waals surface area contributed by atoms with Crippen molar-refractivity contribution in [3.05, 3.63) is 82.6 Å². The molecule has 32 heavy (non-hydrogen) atoms. The van der Waals surface area contributed by atoms with Gasteiger partial charge in [-0.25, -0.2) is 8.78 Å². The molecule has 0 spiro atoms. The number of carbonyl (C=O) groups excluding carboxylic acids is 2. The Morgan fingerprint density at radius 2 is 1.81 bits per heavy atom. The highest BCUT2D eigenvalue weighted by Crippen LogP contribution is 2.29. The average molecular weight is 472 g/mol. The van der Waals surface area contributed by atoms with Gasteiger partial charge in [-0.15, -0.1) is 21.5 Å². The molecule has 0 fully saturated rings. The number of rotatable bonds is 6. The molecule has 2 amide bonds. The van der Waals surface area contributed by atoms with Crippen LogP contribution in [0.5, 0.6) is 0 Å². The van der Waals surface area contributed by atoms with E-state index < -0.39 is 23.4 Å². The maximum atomic E-state index is 14.6. The summed E-state index contributed by atoms with van der Waals surface area (Å²) in [7, 11) is 0. The molecule has 2 N–H and O–H groups in total. The van der Waals surface area contributed by atoms with Crippen LogP contribution in [0.15, 0.2) is 71.2 Å². The van der Waals surface area contributed by atoms with E-state index in [0.717, 1.165) is 23.9 Å². The molecule has 4 aromatic rings. The van der Waals surface area contributed by atoms with E-state index in [9.17, 15) is 18.4 Å². The van der Waals surface area contributed by atoms with Crippen LogP contribution in [0.4, 0.5) is 8.78 Å². The first-order valence-corrected chi connectivity index (χ1v) is 11.1. The van der Waals surface area contributed by atoms with Crippen molar-refractivity contribution >= 4 is 34.9 Å². The fourth-order valence-corrected chi connectivity index (χ4v) is 4.14. The van der Waals surface area contributed by atoms with Gasteiger partial charge < -0.3 is 0 Å². The second kappa shape index (κ2) is 9.71. The highest BCUT2D eigenvalue weighted by molar-refractivity contribution is 7.99. The van der Waals surface area contributed by atoms with Gasteiger partial charge in [-0.3, -0.25) is 25.0 Å². The van der Waals surface area contributed by atoms with Crippen molar-refractivity contribution in [1.82, 2.24) is 25.6 Å². The van der Waals surface area contributed by atoms with Gasteiger partial charge in [0.2, 0.25) is 5.91 Å². The van der Waals surface area contributed by atoms with Crippen molar-refractivity contribution in [2.45, 2.75) is 5.16 Å². The Morgan fingerprint density at radius 1 is 1.00 bits per heavy atom. The lowest BCUT2D eigenvalue weighted by Gasteiger charge is -2.11. The Hall–Kier alpha value is -3.57. The second-order valence-corrected chi connectivity index (χ2v) is 8.26. The van der Waals surface area contributed by atoms with Gasteiger partial charge >= 0.3 is 0 Å². The molecule has 0 saturated heterocycles. The number of thiophene rings is 1. The summed E-state index contributed by atoms with van der Waals surface area (Å²) in [6.07, 6.45) is 0. The van der Waals surface area contributed by atoms with Gasteiger partial charge in [-0.2, -0.15) is 0 Å². The summed E-state index contributed by atoms with van der Waals surface area (Å²) < 4.78 is 29.5. The summed E-state index contributed by atoms with van der Waals surface area (Å²) in [6, 6.07) is 15.5. The maximum Gasteiger partial charge on any atom is 0.279 e. The van der Waals surface area contributed by atoms with Gasteiger partial charge in [0.25, 0.3) is 5.91 Å². The molecule has 7 nitrogen and oxygen atoms in total. The van der Waals surface area contributed by atoms with E-state index in [2.05, 4.69) is 21.0 Å². The number of thioether (sulfide) groups is 1. The van der Waals surface area contributed by atoms with Crippen LogP contribution in [0.1, 0.15) is 9.67 Å². The van der Waals surface area contributed by atoms with Crippen LogP contribution in [0.2, 0.25) is 0 Å². The van der Waals surface area contributed by atoms with Crippen molar-refractivity contribution in [3.8, 4) is 17.1 Å². The van der Waals surface area contributed by atoms with Crippen LogP contribution < -0.4 is 10.9 Å². The Kier molecular flexibility index (Phi) is 6.57. The molecule has 0 atom stereocenters. The maximum absolute atomic E-state index is 14.6. The number of amides is 2. The summed E-state index contributed by atoms with van der Waals surface area (Å²) in [5.74, 6) is -2.21. The summed E-state index contributed by atoms with van der Waals surface area (Å²) in [5.41, 5.74) is 5.37. The van der Waals surface area contributed by atoms with Crippen molar-refractivity contribution < 1.29 is 18.4 Å². The molecule has 0 unspecified atom stereocenters. The molecule has 2 heterocycles. The molecule has 0 aliphatic heterocycles. The zero-order valence-corrected chi connectivity index (χ0v) is 17.9. The molecule has 11 heteroatoms. The fourth-order valence-electron chi connectivity index (χ4n) is 2.78. The third-order valence-corrected chi connectivity index (χ3v) is 6.01. The van der Waals surface area contributed by atoms with Crippen LogP contribution >= 0.6 is 23.1 Å². The quantitative estimate of drug-likeness (QED) is 0.330. The number of carbonyl (C=O) groups is 2. The Morgan fingerprint density at radius 3 is 2.53 bits per heavy atom. The highest BCUT2D eigenvalue weighted by atomic mass is 32.2. The molecule has 2 aromatic heterocycles. The summed E-state index contributed by atoms with van der Waals surface area (Å²) in [6.45, 7) is 0. The van der Waals surface area contributed by atoms with Crippen molar-refractivity contribution in [2.75, 3.05) is 5.75 Å². The zero-order valence-electron chi connectivity index (χ0n) is 16.3. The second-order valence-electron chi connectivity index (χ2n) is 6.37. The van der Waals surface area contributed by atoms with Gasteiger partial charge in [-0.1, -0.05) is 48.2 Å². The standard InChI is InChI=1S/C21H15F2N5O2S2/c22-14-8-9-16(15(23)11-14)28-19(13-5-2-1-3-6-13)25-27-21(28)32-12-18(29)24-26-20(30)17-7-4-10-31-17/h1-11H,12H2,(H,24,29)(H,26,30). The lowest BCUT2D eigenvalue weighted by molar-refractivity contribution is -0.119. The topological polar surface area (TPSA) is 88.9 Å². The number of hydrazine groups is 1. The van der Waals surface area contributed by atoms with E-state index in [4.69, 9.17) is 0 Å². The fraction of sp³-hybridized carbons (Fsp3) is 0.0476. The van der Waals surface area contributed by atoms with Crippen LogP contribution in [0.25, 0.3) is 17.1 Å². The van der Waals surface area contributed by atoms with Gasteiger partial charge in [0.1, 0.15) is 11.6 Å². The highest BCUT2D eigenvalue weighted by Gasteiger charge is 2.20. The lowest BCUT2D eigenvalue weighted by Crippen LogP contribution is -2.42. The van der Waals surface area contributed by atoms with Gasteiger partial charge in [0, 0.05) is 11.6 Å². The smallest absolute Gasteiger partial charge is 0.272 e. The third-order valence-electron chi connectivity index (χ3n) is 4.21. The molecular formula is C21H15F2N5O2S2. The number of nitrogens with zero attached hydrogens (tertiary/aromatic N) is 3. The summed E-state index contributed by atoms with van der Waals surface area (Å²) >= 11 is 2.24. The number of hydrogen-bond acceptors (Lipinski definition) is 6. The first-order chi connectivity index (χ1) is 15.5. The van der Waals surface area contributed by atoms with E-state index in [1.807, 2.05) is 6.07 Å². The molecule has 0 saturated carbocycles. The Labute approximate surface area is 189 Å². The molecule has 0 aliphatic rings. The molecule has 4 rings (SSSR count). The van der Waals surface area contributed by atoms with Crippen molar-refractivity contribution in [1.29, 1.82) is 0 Å². The van der Waals surface area contributed by atoms with Crippen LogP contribution in [0, 0.1) is 11.6 Å². The van der Waals surface area contributed by atoms with Crippen molar-refractivity contribution in [2.24, 2.45) is 0 Å². The molecule has 0 bridgehead atoms. The Balaban J connectivity index is 1.54. The van der Waals surface area contributed by atoms with E-state index in [-0.39, 0.29) is 16.6 Å². The molecule has 0 radical (unpaired) electrons. The summed E-state index contributed by atoms with van der Waals surface area (Å²) in [5, 5.41) is 10.2. The number of nitrogens with one attached hydrogen (secondary N) is 2. The minimum Gasteiger partial charge on any atom is -0.272 e. The van der Waals surface area contributed by atoms with Crippen LogP contribution in [0.3, 0.4) is 0 Å². The van der Waals surface area contributed by atoms with Gasteiger partial charge in [0.15, 0.2) is 11.0 Å². The van der Waals surface area contributed by atoms with E-state index >= 15 is 0 Å². The first kappa shape index (κ1) is 21.7. The van der Waals surface area contributed by atoms with Crippen LogP contribution in [-0.2, 0) is 4.79 Å². The minimum atomic E-state index is -0.795. The molecule has 2 aromatic carbocycles. The average Bonchev–Trinajstić information content (AvgIpc) is 3.47. The molecule has 0 aliphatic carbocycles. The predicted octanol–water partition coefficient (Wildman–Crippen LogP) is 3.83. The number of aromatic nitrogens is 3. The minimum absolute atomic E-state index is 0.0455. The van der Waals surface area contributed by atoms with Crippen molar-refractivity contribution in [3.63, 3.8) is 0 Å². The number of halogens is 2. The third kappa shape index (κ3) is 4.84. The van der Waals surface area contributed by atoms with Gasteiger partial charge in [0.05, 0.1) is 16.3 Å². The monoisotopic (exact) mass is 471 g/mol. The number of hydrogen-bond donors (Lipinski definition) is 2. The number of benzene rings is 2. The Bertz CT molecular complexity index is 1250. The lowest BCUT2D eigenvalue weighted by atomic mass is 10.2. The molecular weight excluding hydrogens is 456 g/mol. The van der Waals surface area contributed by atoms with Gasteiger partial charge in [-0.05, 0) is 23.6 Å². The summed E-state index contributed by atoms with van der Waals surface area (Å²) in [4.78, 5) is 24.6. The van der Waals surface area contributed by atoms with E-state index in [1.165, 1.54) is 22.0 Å². The first-order valence-electron chi connectivity index (χ1n) is 9.24. The molecule has 162 valence electrons. The normalized spacial score (nSPS) is 10.7. The largest absolute Gasteiger partial charge is 0.279 e. The predicted molar refractivity (Wildman–Crippen MR) is 117 cm³/mol. The van der Waals surface area contributed by atoms with E-state index in [0.29, 0.717) is 16.3 Å². The van der Waals surface area contributed by atoms with E-state index in [1.54, 1.807) is 41.8 Å². The van der Waals surface area contributed by atoms with Crippen LogP contribution in [-0.4, -0.2) is 32.3 Å².